The van der Waals surface area contributed by atoms with Crippen LogP contribution < -0.4 is 5.32 Å². The zero-order valence-electron chi connectivity index (χ0n) is 8.10. The normalized spacial score (nSPS) is 10.8. The van der Waals surface area contributed by atoms with E-state index >= 15 is 0 Å². The lowest BCUT2D eigenvalue weighted by Gasteiger charge is -2.09. The fourth-order valence-corrected chi connectivity index (χ4v) is 1.17. The lowest BCUT2D eigenvalue weighted by molar-refractivity contribution is 0.888. The van der Waals surface area contributed by atoms with Crippen molar-refractivity contribution in [1.29, 1.82) is 0 Å². The van der Waals surface area contributed by atoms with E-state index in [1.165, 1.54) is 6.33 Å². The Bertz CT molecular complexity index is 435. The number of rotatable bonds is 2. The molecule has 2 heterocycles. The molecule has 0 aliphatic carbocycles. The Hall–Kier alpha value is -1.78. The highest BCUT2D eigenvalue weighted by Crippen LogP contribution is 2.13. The summed E-state index contributed by atoms with van der Waals surface area (Å²) in [7, 11) is 0. The second-order valence-electron chi connectivity index (χ2n) is 3.25. The lowest BCUT2D eigenvalue weighted by Crippen LogP contribution is -2.12. The molecule has 0 atom stereocenters. The Morgan fingerprint density at radius 2 is 1.86 bits per heavy atom. The first kappa shape index (κ1) is 8.80. The Labute approximate surface area is 81.6 Å². The number of hydrogen-bond donors (Lipinski definition) is 1. The van der Waals surface area contributed by atoms with E-state index in [2.05, 4.69) is 25.3 Å². The monoisotopic (exact) mass is 189 g/mol. The number of nitrogens with zero attached hydrogens (tertiary/aromatic N) is 4. The van der Waals surface area contributed by atoms with Gasteiger partial charge in [-0.25, -0.2) is 19.9 Å². The first-order valence-corrected chi connectivity index (χ1v) is 4.45. The summed E-state index contributed by atoms with van der Waals surface area (Å²) < 4.78 is 0. The molecule has 0 unspecified atom stereocenters. The third kappa shape index (κ3) is 1.61. The van der Waals surface area contributed by atoms with E-state index in [1.54, 1.807) is 12.4 Å². The SMILES string of the molecule is CC(C)Nc1ncnc2nccnc12. The summed E-state index contributed by atoms with van der Waals surface area (Å²) in [4.78, 5) is 16.4. The van der Waals surface area contributed by atoms with Gasteiger partial charge in [0, 0.05) is 18.4 Å². The second kappa shape index (κ2) is 3.53. The van der Waals surface area contributed by atoms with Gasteiger partial charge in [0.1, 0.15) is 11.8 Å². The van der Waals surface area contributed by atoms with Crippen LogP contribution in [0.5, 0.6) is 0 Å². The summed E-state index contributed by atoms with van der Waals surface area (Å²) >= 11 is 0. The van der Waals surface area contributed by atoms with Crippen molar-refractivity contribution in [2.24, 2.45) is 0 Å². The molecule has 0 amide bonds. The van der Waals surface area contributed by atoms with Crippen LogP contribution in [0.4, 0.5) is 5.82 Å². The number of fused-ring (bicyclic) bond motifs is 1. The van der Waals surface area contributed by atoms with E-state index in [-0.39, 0.29) is 0 Å². The molecule has 0 aliphatic heterocycles. The van der Waals surface area contributed by atoms with Gasteiger partial charge in [0.25, 0.3) is 0 Å². The Balaban J connectivity index is 2.53. The minimum absolute atomic E-state index is 0.315. The fourth-order valence-electron chi connectivity index (χ4n) is 1.17. The fraction of sp³-hybridized carbons (Fsp3) is 0.333. The Morgan fingerprint density at radius 1 is 1.07 bits per heavy atom. The Morgan fingerprint density at radius 3 is 2.64 bits per heavy atom. The van der Waals surface area contributed by atoms with Crippen LogP contribution in [0.15, 0.2) is 18.7 Å². The molecular weight excluding hydrogens is 178 g/mol. The van der Waals surface area contributed by atoms with E-state index < -0.39 is 0 Å². The minimum atomic E-state index is 0.315. The van der Waals surface area contributed by atoms with E-state index in [0.717, 1.165) is 5.82 Å². The maximum absolute atomic E-state index is 4.18. The number of anilines is 1. The highest BCUT2D eigenvalue weighted by atomic mass is 15.1. The quantitative estimate of drug-likeness (QED) is 0.770. The van der Waals surface area contributed by atoms with Gasteiger partial charge in [0.15, 0.2) is 11.5 Å². The average molecular weight is 189 g/mol. The van der Waals surface area contributed by atoms with Crippen LogP contribution in [-0.4, -0.2) is 26.0 Å². The molecule has 2 rings (SSSR count). The van der Waals surface area contributed by atoms with Gasteiger partial charge in [-0.15, -0.1) is 0 Å². The topological polar surface area (TPSA) is 63.6 Å². The number of aromatic nitrogens is 4. The summed E-state index contributed by atoms with van der Waals surface area (Å²) in [6, 6.07) is 0.315. The molecule has 72 valence electrons. The highest BCUT2D eigenvalue weighted by molar-refractivity contribution is 5.81. The van der Waals surface area contributed by atoms with Crippen molar-refractivity contribution < 1.29 is 0 Å². The van der Waals surface area contributed by atoms with Crippen LogP contribution in [0.2, 0.25) is 0 Å². The maximum Gasteiger partial charge on any atom is 0.183 e. The minimum Gasteiger partial charge on any atom is -0.366 e. The standard InChI is InChI=1S/C9H11N5/c1-6(2)14-9-7-8(12-5-13-9)11-4-3-10-7/h3-6H,1-2H3,(H,11,12,13,14). The summed E-state index contributed by atoms with van der Waals surface area (Å²) in [5, 5.41) is 3.19. The number of nitrogens with one attached hydrogen (secondary N) is 1. The molecule has 2 aromatic rings. The Kier molecular flexibility index (Phi) is 2.22. The smallest absolute Gasteiger partial charge is 0.183 e. The first-order chi connectivity index (χ1) is 6.77. The molecule has 0 bridgehead atoms. The van der Waals surface area contributed by atoms with E-state index in [1.807, 2.05) is 13.8 Å². The van der Waals surface area contributed by atoms with Gasteiger partial charge in [0.05, 0.1) is 0 Å². The molecule has 0 radical (unpaired) electrons. The molecule has 14 heavy (non-hydrogen) atoms. The van der Waals surface area contributed by atoms with Crippen LogP contribution >= 0.6 is 0 Å². The molecule has 2 aromatic heterocycles. The molecule has 1 N–H and O–H groups in total. The van der Waals surface area contributed by atoms with Crippen LogP contribution in [0.25, 0.3) is 11.2 Å². The molecule has 0 aromatic carbocycles. The molecule has 5 nitrogen and oxygen atoms in total. The third-order valence-corrected chi connectivity index (χ3v) is 1.70. The number of hydrogen-bond acceptors (Lipinski definition) is 5. The van der Waals surface area contributed by atoms with Crippen molar-refractivity contribution in [2.75, 3.05) is 5.32 Å². The van der Waals surface area contributed by atoms with E-state index in [9.17, 15) is 0 Å². The predicted octanol–water partition coefficient (Wildman–Crippen LogP) is 1.24. The summed E-state index contributed by atoms with van der Waals surface area (Å²) in [5.41, 5.74) is 1.33. The molecule has 0 saturated carbocycles. The molecule has 0 spiro atoms. The van der Waals surface area contributed by atoms with Gasteiger partial charge in [-0.2, -0.15) is 0 Å². The summed E-state index contributed by atoms with van der Waals surface area (Å²) in [5.74, 6) is 0.734. The maximum atomic E-state index is 4.18. The van der Waals surface area contributed by atoms with Crippen molar-refractivity contribution in [3.05, 3.63) is 18.7 Å². The van der Waals surface area contributed by atoms with Gasteiger partial charge in [0.2, 0.25) is 0 Å². The van der Waals surface area contributed by atoms with Gasteiger partial charge < -0.3 is 5.32 Å². The molecule has 0 aliphatic rings. The second-order valence-corrected chi connectivity index (χ2v) is 3.25. The molecule has 5 heteroatoms. The largest absolute Gasteiger partial charge is 0.366 e. The first-order valence-electron chi connectivity index (χ1n) is 4.45. The molecular formula is C9H11N5. The zero-order valence-corrected chi connectivity index (χ0v) is 8.10. The zero-order chi connectivity index (χ0) is 9.97. The highest BCUT2D eigenvalue weighted by Gasteiger charge is 2.05. The van der Waals surface area contributed by atoms with Crippen molar-refractivity contribution in [3.63, 3.8) is 0 Å². The summed E-state index contributed by atoms with van der Waals surface area (Å²) in [6.07, 6.45) is 4.74. The van der Waals surface area contributed by atoms with Crippen LogP contribution in [0.1, 0.15) is 13.8 Å². The van der Waals surface area contributed by atoms with Crippen molar-refractivity contribution in [1.82, 2.24) is 19.9 Å². The van der Waals surface area contributed by atoms with Crippen molar-refractivity contribution in [3.8, 4) is 0 Å². The van der Waals surface area contributed by atoms with Gasteiger partial charge >= 0.3 is 0 Å². The van der Waals surface area contributed by atoms with Crippen molar-refractivity contribution in [2.45, 2.75) is 19.9 Å². The van der Waals surface area contributed by atoms with Crippen molar-refractivity contribution >= 4 is 17.0 Å². The van der Waals surface area contributed by atoms with E-state index in [0.29, 0.717) is 17.2 Å². The van der Waals surface area contributed by atoms with E-state index in [4.69, 9.17) is 0 Å². The summed E-state index contributed by atoms with van der Waals surface area (Å²) in [6.45, 7) is 4.09. The van der Waals surface area contributed by atoms with Crippen LogP contribution in [0, 0.1) is 0 Å². The van der Waals surface area contributed by atoms with Gasteiger partial charge in [-0.3, -0.25) is 0 Å². The lowest BCUT2D eigenvalue weighted by atomic mass is 10.3. The van der Waals surface area contributed by atoms with Crippen LogP contribution in [0.3, 0.4) is 0 Å². The van der Waals surface area contributed by atoms with Gasteiger partial charge in [-0.05, 0) is 13.8 Å². The predicted molar refractivity (Wildman–Crippen MR) is 53.9 cm³/mol. The third-order valence-electron chi connectivity index (χ3n) is 1.70. The average Bonchev–Trinajstić information content (AvgIpc) is 2.18. The molecule has 0 saturated heterocycles. The van der Waals surface area contributed by atoms with Gasteiger partial charge in [-0.1, -0.05) is 0 Å². The molecule has 0 fully saturated rings. The van der Waals surface area contributed by atoms with Crippen LogP contribution in [-0.2, 0) is 0 Å².